The molecule has 0 saturated heterocycles. The number of ketones is 2. The third kappa shape index (κ3) is 2.83. The van der Waals surface area contributed by atoms with Gasteiger partial charge < -0.3 is 8.98 Å². The van der Waals surface area contributed by atoms with Gasteiger partial charge in [-0.25, -0.2) is 4.85 Å². The number of benzene rings is 3. The summed E-state index contributed by atoms with van der Waals surface area (Å²) in [7, 11) is 1.87. The molecule has 5 aromatic rings. The Balaban J connectivity index is 1.39. The van der Waals surface area contributed by atoms with Gasteiger partial charge in [0.05, 0.1) is 17.8 Å². The number of carbonyl (C=O) groups is 2. The molecule has 0 aliphatic heterocycles. The van der Waals surface area contributed by atoms with Crippen LogP contribution in [0.2, 0.25) is 0 Å². The molecule has 0 saturated carbocycles. The molecular weight excluding hydrogens is 414 g/mol. The second-order valence-electron chi connectivity index (χ2n) is 7.95. The van der Waals surface area contributed by atoms with Crippen molar-refractivity contribution < 1.29 is 14.0 Å². The maximum absolute atomic E-state index is 13.0. The van der Waals surface area contributed by atoms with Crippen LogP contribution in [-0.4, -0.2) is 21.1 Å². The van der Waals surface area contributed by atoms with E-state index in [4.69, 9.17) is 11.0 Å². The Morgan fingerprint density at radius 3 is 2.15 bits per heavy atom. The zero-order valence-corrected chi connectivity index (χ0v) is 17.5. The zero-order valence-electron chi connectivity index (χ0n) is 17.5. The molecule has 156 valence electrons. The Bertz CT molecular complexity index is 1650. The van der Waals surface area contributed by atoms with E-state index in [-0.39, 0.29) is 23.0 Å². The Morgan fingerprint density at radius 1 is 0.939 bits per heavy atom. The summed E-state index contributed by atoms with van der Waals surface area (Å²) in [6.07, 6.45) is 1.43. The number of carbonyl (C=O) groups excluding carboxylic acids is 2. The number of rotatable bonds is 2. The maximum atomic E-state index is 13.0. The van der Waals surface area contributed by atoms with Crippen molar-refractivity contribution in [3.8, 4) is 11.3 Å². The minimum Gasteiger partial charge on any atom is -0.435 e. The van der Waals surface area contributed by atoms with E-state index in [1.54, 1.807) is 24.3 Å². The molecule has 2 aromatic heterocycles. The predicted molar refractivity (Wildman–Crippen MR) is 125 cm³/mol. The number of oxazole rings is 1. The summed E-state index contributed by atoms with van der Waals surface area (Å²) >= 11 is 0. The lowest BCUT2D eigenvalue weighted by molar-refractivity contribution is 0.0990. The molecule has 0 amide bonds. The fourth-order valence-corrected chi connectivity index (χ4v) is 4.32. The van der Waals surface area contributed by atoms with Gasteiger partial charge in [0.15, 0.2) is 28.5 Å². The summed E-state index contributed by atoms with van der Waals surface area (Å²) in [4.78, 5) is 33.9. The van der Waals surface area contributed by atoms with Crippen LogP contribution in [0.1, 0.15) is 26.6 Å². The van der Waals surface area contributed by atoms with Crippen molar-refractivity contribution in [3.05, 3.63) is 101 Å². The van der Waals surface area contributed by atoms with Gasteiger partial charge in [-0.15, -0.1) is 0 Å². The molecule has 0 radical (unpaired) electrons. The van der Waals surface area contributed by atoms with E-state index in [9.17, 15) is 9.59 Å². The first-order valence-electron chi connectivity index (χ1n) is 10.3. The molecule has 6 nitrogen and oxygen atoms in total. The molecule has 0 atom stereocenters. The van der Waals surface area contributed by atoms with Crippen LogP contribution in [0.5, 0.6) is 0 Å². The van der Waals surface area contributed by atoms with E-state index >= 15 is 0 Å². The van der Waals surface area contributed by atoms with Crippen LogP contribution in [0.25, 0.3) is 44.2 Å². The fraction of sp³-hybridized carbons (Fsp3) is 0.0370. The van der Waals surface area contributed by atoms with E-state index < -0.39 is 0 Å². The second kappa shape index (κ2) is 6.87. The first-order chi connectivity index (χ1) is 16.0. The van der Waals surface area contributed by atoms with E-state index in [0.717, 1.165) is 22.0 Å². The van der Waals surface area contributed by atoms with E-state index in [1.165, 1.54) is 6.08 Å². The van der Waals surface area contributed by atoms with Gasteiger partial charge in [-0.3, -0.25) is 9.59 Å². The average molecular weight is 429 g/mol. The van der Waals surface area contributed by atoms with Crippen LogP contribution in [0.3, 0.4) is 0 Å². The third-order valence-corrected chi connectivity index (χ3v) is 6.02. The number of Topliss-reactive ketones (excluding diaryl/α,β-unsaturated/α-hetero) is 2. The van der Waals surface area contributed by atoms with Crippen LogP contribution in [0.15, 0.2) is 76.7 Å². The van der Waals surface area contributed by atoms with E-state index in [1.807, 2.05) is 54.1 Å². The first kappa shape index (κ1) is 19.0. The van der Waals surface area contributed by atoms with Crippen molar-refractivity contribution in [2.45, 2.75) is 0 Å². The molecule has 0 unspecified atom stereocenters. The topological polar surface area (TPSA) is 69.5 Å². The molecule has 2 heterocycles. The minimum absolute atomic E-state index is 0.0572. The highest BCUT2D eigenvalue weighted by Crippen LogP contribution is 2.33. The van der Waals surface area contributed by atoms with Gasteiger partial charge in [0, 0.05) is 30.3 Å². The molecule has 33 heavy (non-hydrogen) atoms. The van der Waals surface area contributed by atoms with Crippen molar-refractivity contribution in [1.82, 2.24) is 9.55 Å². The monoisotopic (exact) mass is 429 g/mol. The minimum atomic E-state index is -0.316. The molecule has 1 aliphatic carbocycles. The van der Waals surface area contributed by atoms with Gasteiger partial charge in [0.25, 0.3) is 0 Å². The van der Waals surface area contributed by atoms with Gasteiger partial charge in [-0.05, 0) is 28.5 Å². The lowest BCUT2D eigenvalue weighted by Crippen LogP contribution is -2.00. The highest BCUT2D eigenvalue weighted by molar-refractivity contribution is 6.42. The van der Waals surface area contributed by atoms with Crippen molar-refractivity contribution in [2.75, 3.05) is 0 Å². The number of fused-ring (bicyclic) bond motifs is 3. The lowest BCUT2D eigenvalue weighted by Gasteiger charge is -2.03. The molecular formula is C27H15N3O3. The van der Waals surface area contributed by atoms with Crippen LogP contribution in [-0.2, 0) is 7.05 Å². The molecule has 1 aliphatic rings. The van der Waals surface area contributed by atoms with Gasteiger partial charge >= 0.3 is 0 Å². The van der Waals surface area contributed by atoms with Gasteiger partial charge in [-0.1, -0.05) is 48.5 Å². The highest BCUT2D eigenvalue weighted by Gasteiger charge is 2.34. The smallest absolute Gasteiger partial charge is 0.222 e. The number of nitrogens with zero attached hydrogens (tertiary/aromatic N) is 3. The van der Waals surface area contributed by atoms with Gasteiger partial charge in [0.2, 0.25) is 5.89 Å². The third-order valence-electron chi connectivity index (χ3n) is 6.02. The summed E-state index contributed by atoms with van der Waals surface area (Å²) in [5, 5.41) is 1.83. The predicted octanol–water partition coefficient (Wildman–Crippen LogP) is 6.00. The van der Waals surface area contributed by atoms with Crippen molar-refractivity contribution in [3.63, 3.8) is 0 Å². The second-order valence-corrected chi connectivity index (χ2v) is 7.95. The highest BCUT2D eigenvalue weighted by atomic mass is 16.3. The van der Waals surface area contributed by atoms with Crippen LogP contribution in [0.4, 0.5) is 5.69 Å². The van der Waals surface area contributed by atoms with Gasteiger partial charge in [0.1, 0.15) is 0 Å². The lowest BCUT2D eigenvalue weighted by atomic mass is 10.0. The standard InChI is InChI=1S/C27H15N3O3/c1-28-18-9-7-15(8-10-18)22-14-23-27(30(22)2)29-24(33-23)13-21-25(31)19-11-16-5-3-4-6-17(16)12-20(19)26(21)32/h3-14H,2H3. The van der Waals surface area contributed by atoms with E-state index in [0.29, 0.717) is 28.0 Å². The molecule has 6 heteroatoms. The molecule has 0 fully saturated rings. The Kier molecular flexibility index (Phi) is 3.95. The summed E-state index contributed by atoms with van der Waals surface area (Å²) < 4.78 is 7.75. The fourth-order valence-electron chi connectivity index (χ4n) is 4.32. The average Bonchev–Trinajstić information content (AvgIpc) is 3.45. The van der Waals surface area contributed by atoms with Crippen molar-refractivity contribution >= 4 is 45.3 Å². The van der Waals surface area contributed by atoms with Gasteiger partial charge in [-0.2, -0.15) is 4.98 Å². The van der Waals surface area contributed by atoms with Crippen LogP contribution >= 0.6 is 0 Å². The van der Waals surface area contributed by atoms with Crippen LogP contribution < -0.4 is 0 Å². The normalized spacial score (nSPS) is 13.0. The molecule has 3 aromatic carbocycles. The number of hydrogen-bond donors (Lipinski definition) is 0. The molecule has 0 bridgehead atoms. The zero-order chi connectivity index (χ0) is 22.7. The Morgan fingerprint density at radius 2 is 1.58 bits per heavy atom. The van der Waals surface area contributed by atoms with Crippen molar-refractivity contribution in [1.29, 1.82) is 0 Å². The summed E-state index contributed by atoms with van der Waals surface area (Å²) in [6.45, 7) is 7.09. The molecule has 6 rings (SSSR count). The SMILES string of the molecule is [C-]#[N+]c1ccc(-c2cc3oc(C=C4C(=O)c5cc6ccccc6cc5C4=O)nc3n2C)cc1. The first-order valence-corrected chi connectivity index (χ1v) is 10.3. The largest absolute Gasteiger partial charge is 0.435 e. The molecule has 0 N–H and O–H groups in total. The number of aryl methyl sites for hydroxylation is 1. The number of hydrogen-bond acceptors (Lipinski definition) is 4. The van der Waals surface area contributed by atoms with Crippen molar-refractivity contribution in [2.24, 2.45) is 7.05 Å². The number of aromatic nitrogens is 2. The van der Waals surface area contributed by atoms with Crippen LogP contribution in [0, 0.1) is 6.57 Å². The maximum Gasteiger partial charge on any atom is 0.222 e. The Hall–Kier alpha value is -4.76. The quantitative estimate of drug-likeness (QED) is 0.196. The summed E-state index contributed by atoms with van der Waals surface area (Å²) in [6, 6.07) is 20.3. The Labute approximate surface area is 188 Å². The molecule has 0 spiro atoms. The van der Waals surface area contributed by atoms with E-state index in [2.05, 4.69) is 9.83 Å². The summed E-state index contributed by atoms with van der Waals surface area (Å²) in [5.74, 6) is -0.424. The summed E-state index contributed by atoms with van der Waals surface area (Å²) in [5.41, 5.74) is 4.42. The number of allylic oxidation sites excluding steroid dienone is 1.